The molecule has 2 N–H and O–H groups in total. The molecule has 2 rings (SSSR count). The zero-order valence-corrected chi connectivity index (χ0v) is 9.23. The Kier molecular flexibility index (Phi) is 2.38. The van der Waals surface area contributed by atoms with Crippen LogP contribution in [0, 0.1) is 0 Å². The van der Waals surface area contributed by atoms with Crippen molar-refractivity contribution in [2.24, 2.45) is 0 Å². The van der Waals surface area contributed by atoms with Crippen LogP contribution in [0.15, 0.2) is 39.5 Å². The fraction of sp³-hybridized carbons (Fsp3) is 0. The predicted molar refractivity (Wildman–Crippen MR) is 61.9 cm³/mol. The van der Waals surface area contributed by atoms with E-state index in [1.165, 1.54) is 0 Å². The van der Waals surface area contributed by atoms with Gasteiger partial charge in [0.25, 0.3) is 0 Å². The van der Waals surface area contributed by atoms with E-state index in [-0.39, 0.29) is 0 Å². The molecule has 1 aromatic carbocycles. The molecule has 0 bridgehead atoms. The molecule has 0 unspecified atom stereocenters. The molecular formula is C10H8BrNS. The van der Waals surface area contributed by atoms with Gasteiger partial charge in [-0.25, -0.2) is 0 Å². The molecule has 13 heavy (non-hydrogen) atoms. The third-order valence-corrected chi connectivity index (χ3v) is 3.08. The van der Waals surface area contributed by atoms with Crippen LogP contribution in [0.4, 0.5) is 5.69 Å². The highest BCUT2D eigenvalue weighted by molar-refractivity contribution is 9.10. The lowest BCUT2D eigenvalue weighted by atomic mass is 10.1. The van der Waals surface area contributed by atoms with Gasteiger partial charge in [-0.2, -0.15) is 0 Å². The topological polar surface area (TPSA) is 26.0 Å². The second kappa shape index (κ2) is 3.52. The molecule has 0 saturated heterocycles. The Hall–Kier alpha value is -0.800. The number of rotatable bonds is 1. The summed E-state index contributed by atoms with van der Waals surface area (Å²) in [5.74, 6) is 0. The zero-order chi connectivity index (χ0) is 9.26. The van der Waals surface area contributed by atoms with Crippen molar-refractivity contribution < 1.29 is 0 Å². The van der Waals surface area contributed by atoms with Gasteiger partial charge in [0, 0.05) is 20.8 Å². The van der Waals surface area contributed by atoms with E-state index < -0.39 is 0 Å². The number of hydrogen-bond donors (Lipinski definition) is 1. The molecule has 1 nitrogen and oxygen atoms in total. The lowest BCUT2D eigenvalue weighted by Crippen LogP contribution is -1.84. The van der Waals surface area contributed by atoms with Crippen molar-refractivity contribution in [1.29, 1.82) is 0 Å². The van der Waals surface area contributed by atoms with E-state index in [1.54, 1.807) is 11.3 Å². The lowest BCUT2D eigenvalue weighted by molar-refractivity contribution is 1.63. The largest absolute Gasteiger partial charge is 0.398 e. The molecule has 0 fully saturated rings. The summed E-state index contributed by atoms with van der Waals surface area (Å²) in [4.78, 5) is 0. The molecule has 66 valence electrons. The summed E-state index contributed by atoms with van der Waals surface area (Å²) < 4.78 is 1.08. The Bertz CT molecular complexity index is 422. The van der Waals surface area contributed by atoms with E-state index in [0.717, 1.165) is 21.3 Å². The van der Waals surface area contributed by atoms with Gasteiger partial charge in [-0.3, -0.25) is 0 Å². The van der Waals surface area contributed by atoms with Gasteiger partial charge in [-0.15, -0.1) is 11.3 Å². The van der Waals surface area contributed by atoms with Gasteiger partial charge in [0.15, 0.2) is 0 Å². The Labute approximate surface area is 89.3 Å². The molecule has 0 aliphatic carbocycles. The van der Waals surface area contributed by atoms with Crippen LogP contribution >= 0.6 is 27.3 Å². The van der Waals surface area contributed by atoms with Crippen molar-refractivity contribution >= 4 is 33.0 Å². The van der Waals surface area contributed by atoms with E-state index in [9.17, 15) is 0 Å². The lowest BCUT2D eigenvalue weighted by Gasteiger charge is -2.00. The summed E-state index contributed by atoms with van der Waals surface area (Å²) in [6.45, 7) is 0. The van der Waals surface area contributed by atoms with Gasteiger partial charge < -0.3 is 5.73 Å². The minimum absolute atomic E-state index is 0.850. The fourth-order valence-corrected chi connectivity index (χ4v) is 2.35. The van der Waals surface area contributed by atoms with Crippen LogP contribution in [-0.4, -0.2) is 0 Å². The molecule has 0 aliphatic heterocycles. The highest BCUT2D eigenvalue weighted by Crippen LogP contribution is 2.30. The first-order valence-corrected chi connectivity index (χ1v) is 5.58. The monoisotopic (exact) mass is 253 g/mol. The van der Waals surface area contributed by atoms with Crippen molar-refractivity contribution in [3.05, 3.63) is 39.5 Å². The summed E-state index contributed by atoms with van der Waals surface area (Å²) >= 11 is 5.06. The summed E-state index contributed by atoms with van der Waals surface area (Å²) in [5.41, 5.74) is 8.95. The molecule has 3 heteroatoms. The number of anilines is 1. The molecular weight excluding hydrogens is 246 g/mol. The smallest absolute Gasteiger partial charge is 0.0502 e. The third kappa shape index (κ3) is 1.76. The van der Waals surface area contributed by atoms with Crippen LogP contribution in [0.25, 0.3) is 11.1 Å². The Morgan fingerprint density at radius 2 is 2.08 bits per heavy atom. The van der Waals surface area contributed by atoms with Crippen LogP contribution in [0.1, 0.15) is 0 Å². The number of nitrogen functional groups attached to an aromatic ring is 1. The summed E-state index contributed by atoms with van der Waals surface area (Å²) in [6, 6.07) is 8.14. The highest BCUT2D eigenvalue weighted by Gasteiger charge is 2.02. The summed E-state index contributed by atoms with van der Waals surface area (Å²) in [5, 5.41) is 4.02. The molecule has 0 atom stereocenters. The van der Waals surface area contributed by atoms with Gasteiger partial charge in [0.05, 0.1) is 5.69 Å². The first-order chi connectivity index (χ1) is 6.27. The maximum Gasteiger partial charge on any atom is 0.0502 e. The van der Waals surface area contributed by atoms with Crippen molar-refractivity contribution in [2.45, 2.75) is 0 Å². The Morgan fingerprint density at radius 3 is 2.69 bits per heavy atom. The second-order valence-corrected chi connectivity index (χ2v) is 4.41. The SMILES string of the molecule is Nc1cscc1-c1cccc(Br)c1. The van der Waals surface area contributed by atoms with E-state index >= 15 is 0 Å². The van der Waals surface area contributed by atoms with Crippen molar-refractivity contribution in [1.82, 2.24) is 0 Å². The van der Waals surface area contributed by atoms with E-state index in [0.29, 0.717) is 0 Å². The number of hydrogen-bond acceptors (Lipinski definition) is 2. The minimum atomic E-state index is 0.850. The maximum atomic E-state index is 5.82. The fourth-order valence-electron chi connectivity index (χ4n) is 1.20. The van der Waals surface area contributed by atoms with Crippen LogP contribution in [0.2, 0.25) is 0 Å². The van der Waals surface area contributed by atoms with Crippen molar-refractivity contribution in [3.63, 3.8) is 0 Å². The number of benzene rings is 1. The first-order valence-electron chi connectivity index (χ1n) is 3.85. The first kappa shape index (κ1) is 8.78. The Morgan fingerprint density at radius 1 is 1.23 bits per heavy atom. The van der Waals surface area contributed by atoms with Gasteiger partial charge in [0.2, 0.25) is 0 Å². The second-order valence-electron chi connectivity index (χ2n) is 2.75. The molecule has 1 aromatic heterocycles. The number of thiophene rings is 1. The molecule has 0 aliphatic rings. The predicted octanol–water partition coefficient (Wildman–Crippen LogP) is 3.76. The van der Waals surface area contributed by atoms with Crippen LogP contribution in [-0.2, 0) is 0 Å². The minimum Gasteiger partial charge on any atom is -0.398 e. The van der Waals surface area contributed by atoms with Crippen molar-refractivity contribution in [3.8, 4) is 11.1 Å². The van der Waals surface area contributed by atoms with Crippen LogP contribution < -0.4 is 5.73 Å². The molecule has 0 saturated carbocycles. The quantitative estimate of drug-likeness (QED) is 0.823. The van der Waals surface area contributed by atoms with Gasteiger partial charge in [-0.1, -0.05) is 28.1 Å². The normalized spacial score (nSPS) is 10.2. The van der Waals surface area contributed by atoms with Crippen LogP contribution in [0.5, 0.6) is 0 Å². The van der Waals surface area contributed by atoms with Gasteiger partial charge in [0.1, 0.15) is 0 Å². The summed E-state index contributed by atoms with van der Waals surface area (Å²) in [7, 11) is 0. The molecule has 0 radical (unpaired) electrons. The van der Waals surface area contributed by atoms with E-state index in [1.807, 2.05) is 17.5 Å². The molecule has 0 spiro atoms. The van der Waals surface area contributed by atoms with E-state index in [4.69, 9.17) is 5.73 Å². The maximum absolute atomic E-state index is 5.82. The zero-order valence-electron chi connectivity index (χ0n) is 6.83. The average molecular weight is 254 g/mol. The summed E-state index contributed by atoms with van der Waals surface area (Å²) in [6.07, 6.45) is 0. The average Bonchev–Trinajstić information content (AvgIpc) is 2.51. The van der Waals surface area contributed by atoms with Crippen LogP contribution in [0.3, 0.4) is 0 Å². The standard InChI is InChI=1S/C10H8BrNS/c11-8-3-1-2-7(4-8)9-5-13-6-10(9)12/h1-6H,12H2. The molecule has 2 aromatic rings. The number of halogens is 1. The highest BCUT2D eigenvalue weighted by atomic mass is 79.9. The van der Waals surface area contributed by atoms with E-state index in [2.05, 4.69) is 33.4 Å². The third-order valence-electron chi connectivity index (χ3n) is 1.83. The molecule has 0 amide bonds. The van der Waals surface area contributed by atoms with Gasteiger partial charge in [-0.05, 0) is 17.7 Å². The number of nitrogens with two attached hydrogens (primary N) is 1. The van der Waals surface area contributed by atoms with Gasteiger partial charge >= 0.3 is 0 Å². The van der Waals surface area contributed by atoms with Crippen molar-refractivity contribution in [2.75, 3.05) is 5.73 Å². The molecule has 1 heterocycles. The Balaban J connectivity index is 2.53.